The van der Waals surface area contributed by atoms with Gasteiger partial charge in [-0.2, -0.15) is 0 Å². The number of hydrogen-bond donors (Lipinski definition) is 0. The molecule has 0 saturated carbocycles. The number of carbonyl (C=O) groups excluding carboxylic acids is 2. The van der Waals surface area contributed by atoms with Gasteiger partial charge in [0.25, 0.3) is 0 Å². The van der Waals surface area contributed by atoms with E-state index in [1.807, 2.05) is 0 Å². The van der Waals surface area contributed by atoms with E-state index in [9.17, 15) is 18.4 Å². The number of halogens is 4. The Morgan fingerprint density at radius 2 is 1.82 bits per heavy atom. The highest BCUT2D eigenvalue weighted by molar-refractivity contribution is 6.35. The van der Waals surface area contributed by atoms with E-state index in [0.29, 0.717) is 0 Å². The maximum atomic E-state index is 13.7. The molecule has 1 aliphatic rings. The molecule has 0 aliphatic carbocycles. The van der Waals surface area contributed by atoms with E-state index in [0.717, 1.165) is 11.0 Å². The number of anilines is 1. The van der Waals surface area contributed by atoms with Crippen LogP contribution in [0.1, 0.15) is 6.42 Å². The minimum Gasteiger partial charge on any atom is -0.302 e. The van der Waals surface area contributed by atoms with Crippen molar-refractivity contribution < 1.29 is 18.4 Å². The summed E-state index contributed by atoms with van der Waals surface area (Å²) in [4.78, 5) is 23.4. The van der Waals surface area contributed by atoms with Crippen molar-refractivity contribution in [3.8, 4) is 0 Å². The maximum absolute atomic E-state index is 13.7. The van der Waals surface area contributed by atoms with E-state index in [-0.39, 0.29) is 24.4 Å². The van der Waals surface area contributed by atoms with Crippen LogP contribution in [0, 0.1) is 11.6 Å². The largest absolute Gasteiger partial charge is 0.302 e. The summed E-state index contributed by atoms with van der Waals surface area (Å²) in [6, 6.07) is 0.939. The van der Waals surface area contributed by atoms with E-state index in [1.54, 1.807) is 0 Å². The molecule has 0 spiro atoms. The van der Waals surface area contributed by atoms with Gasteiger partial charge in [-0.05, 0) is 6.07 Å². The van der Waals surface area contributed by atoms with E-state index in [1.165, 1.54) is 0 Å². The number of amides is 1. The first-order valence-electron chi connectivity index (χ1n) is 4.57. The van der Waals surface area contributed by atoms with Crippen molar-refractivity contribution in [3.63, 3.8) is 0 Å². The van der Waals surface area contributed by atoms with Crippen LogP contribution in [0.3, 0.4) is 0 Å². The van der Waals surface area contributed by atoms with Gasteiger partial charge in [-0.25, -0.2) is 8.78 Å². The summed E-state index contributed by atoms with van der Waals surface area (Å²) in [6.45, 7) is -0.256. The molecule has 1 fully saturated rings. The first-order chi connectivity index (χ1) is 7.91. The van der Waals surface area contributed by atoms with Crippen LogP contribution in [0.15, 0.2) is 6.07 Å². The maximum Gasteiger partial charge on any atom is 0.235 e. The fourth-order valence-corrected chi connectivity index (χ4v) is 2.01. The molecule has 0 aromatic heterocycles. The fourth-order valence-electron chi connectivity index (χ4n) is 1.56. The Kier molecular flexibility index (Phi) is 3.05. The summed E-state index contributed by atoms with van der Waals surface area (Å²) in [6.07, 6.45) is -0.300. The van der Waals surface area contributed by atoms with E-state index in [4.69, 9.17) is 23.2 Å². The zero-order valence-electron chi connectivity index (χ0n) is 8.27. The third kappa shape index (κ3) is 2.00. The second-order valence-corrected chi connectivity index (χ2v) is 4.30. The van der Waals surface area contributed by atoms with Crippen LogP contribution < -0.4 is 4.90 Å². The molecule has 2 rings (SSSR count). The Labute approximate surface area is 105 Å². The molecule has 1 heterocycles. The van der Waals surface area contributed by atoms with Gasteiger partial charge in [0.1, 0.15) is 5.02 Å². The number of nitrogens with zero attached hydrogens (tertiary/aromatic N) is 1. The van der Waals surface area contributed by atoms with Crippen molar-refractivity contribution in [3.05, 3.63) is 27.7 Å². The first kappa shape index (κ1) is 12.3. The molecule has 0 radical (unpaired) electrons. The second kappa shape index (κ2) is 4.23. The molecule has 0 bridgehead atoms. The Morgan fingerprint density at radius 1 is 1.18 bits per heavy atom. The predicted octanol–water partition coefficient (Wildman–Crippen LogP) is 2.58. The molecule has 90 valence electrons. The summed E-state index contributed by atoms with van der Waals surface area (Å²) in [5.41, 5.74) is -0.280. The van der Waals surface area contributed by atoms with Crippen LogP contribution in [0.2, 0.25) is 10.0 Å². The molecular weight excluding hydrogens is 275 g/mol. The Bertz CT molecular complexity index is 534. The van der Waals surface area contributed by atoms with E-state index >= 15 is 0 Å². The molecule has 0 unspecified atom stereocenters. The lowest BCUT2D eigenvalue weighted by Crippen LogP contribution is -2.25. The average molecular weight is 280 g/mol. The highest BCUT2D eigenvalue weighted by Crippen LogP contribution is 2.34. The third-order valence-corrected chi connectivity index (χ3v) is 2.96. The van der Waals surface area contributed by atoms with Crippen LogP contribution in [0.4, 0.5) is 14.5 Å². The van der Waals surface area contributed by atoms with Gasteiger partial charge in [-0.15, -0.1) is 0 Å². The van der Waals surface area contributed by atoms with Crippen LogP contribution >= 0.6 is 23.2 Å². The molecule has 7 heteroatoms. The standard InChI is InChI=1S/C10H5Cl2F2NO2/c11-5-2-6(10(14)8(12)9(5)13)15-3-4(16)1-7(15)17/h2H,1,3H2. The summed E-state index contributed by atoms with van der Waals surface area (Å²) >= 11 is 10.9. The van der Waals surface area contributed by atoms with Gasteiger partial charge in [0.2, 0.25) is 5.91 Å². The zero-order valence-corrected chi connectivity index (χ0v) is 9.78. The van der Waals surface area contributed by atoms with E-state index < -0.39 is 27.6 Å². The van der Waals surface area contributed by atoms with Crippen molar-refractivity contribution in [1.82, 2.24) is 0 Å². The van der Waals surface area contributed by atoms with Crippen LogP contribution in [-0.2, 0) is 9.59 Å². The number of rotatable bonds is 1. The van der Waals surface area contributed by atoms with Crippen molar-refractivity contribution in [2.45, 2.75) is 6.42 Å². The highest BCUT2D eigenvalue weighted by Gasteiger charge is 2.32. The van der Waals surface area contributed by atoms with Crippen molar-refractivity contribution in [1.29, 1.82) is 0 Å². The van der Waals surface area contributed by atoms with Gasteiger partial charge in [-0.1, -0.05) is 23.2 Å². The minimum atomic E-state index is -1.10. The summed E-state index contributed by atoms with van der Waals surface area (Å²) in [5, 5.41) is -1.20. The summed E-state index contributed by atoms with van der Waals surface area (Å²) in [7, 11) is 0. The molecule has 1 amide bonds. The Hall–Kier alpha value is -1.20. The lowest BCUT2D eigenvalue weighted by molar-refractivity contribution is -0.121. The highest BCUT2D eigenvalue weighted by atomic mass is 35.5. The second-order valence-electron chi connectivity index (χ2n) is 3.51. The molecule has 1 aliphatic heterocycles. The number of Topliss-reactive ketones (excluding diaryl/α,β-unsaturated/α-hetero) is 1. The molecule has 17 heavy (non-hydrogen) atoms. The third-order valence-electron chi connectivity index (χ3n) is 2.36. The minimum absolute atomic E-state index is 0.256. The molecule has 3 nitrogen and oxygen atoms in total. The SMILES string of the molecule is O=C1CC(=O)N(c2cc(Cl)c(F)c(Cl)c2F)C1. The lowest BCUT2D eigenvalue weighted by atomic mass is 10.2. The molecule has 1 saturated heterocycles. The van der Waals surface area contributed by atoms with E-state index in [2.05, 4.69) is 0 Å². The van der Waals surface area contributed by atoms with Gasteiger partial charge in [0.15, 0.2) is 17.4 Å². The van der Waals surface area contributed by atoms with Crippen molar-refractivity contribution in [2.75, 3.05) is 11.4 Å². The average Bonchev–Trinajstić information content (AvgIpc) is 2.60. The van der Waals surface area contributed by atoms with Crippen molar-refractivity contribution >= 4 is 40.6 Å². The molecule has 1 aromatic rings. The number of carbonyl (C=O) groups is 2. The monoisotopic (exact) mass is 279 g/mol. The zero-order chi connectivity index (χ0) is 12.7. The van der Waals surface area contributed by atoms with Crippen LogP contribution in [0.25, 0.3) is 0 Å². The number of hydrogen-bond acceptors (Lipinski definition) is 2. The Morgan fingerprint density at radius 3 is 2.35 bits per heavy atom. The van der Waals surface area contributed by atoms with Gasteiger partial charge < -0.3 is 4.90 Å². The smallest absolute Gasteiger partial charge is 0.235 e. The normalized spacial score (nSPS) is 15.9. The lowest BCUT2D eigenvalue weighted by Gasteiger charge is -2.16. The first-order valence-corrected chi connectivity index (χ1v) is 5.32. The van der Waals surface area contributed by atoms with Gasteiger partial charge in [-0.3, -0.25) is 9.59 Å². The van der Waals surface area contributed by atoms with Gasteiger partial charge in [0, 0.05) is 0 Å². The Balaban J connectivity index is 2.53. The van der Waals surface area contributed by atoms with Gasteiger partial charge in [0.05, 0.1) is 23.7 Å². The fraction of sp³-hybridized carbons (Fsp3) is 0.200. The van der Waals surface area contributed by atoms with Crippen molar-refractivity contribution in [2.24, 2.45) is 0 Å². The molecule has 1 aromatic carbocycles. The molecule has 0 N–H and O–H groups in total. The molecular formula is C10H5Cl2F2NO2. The van der Waals surface area contributed by atoms with Crippen LogP contribution in [-0.4, -0.2) is 18.2 Å². The topological polar surface area (TPSA) is 37.4 Å². The molecule has 0 atom stereocenters. The number of benzene rings is 1. The summed E-state index contributed by atoms with van der Waals surface area (Å²) in [5.74, 6) is -3.09. The van der Waals surface area contributed by atoms with Gasteiger partial charge >= 0.3 is 0 Å². The summed E-state index contributed by atoms with van der Waals surface area (Å²) < 4.78 is 26.8. The predicted molar refractivity (Wildman–Crippen MR) is 58.4 cm³/mol. The number of ketones is 1. The quantitative estimate of drug-likeness (QED) is 0.450. The van der Waals surface area contributed by atoms with Crippen LogP contribution in [0.5, 0.6) is 0 Å².